The van der Waals surface area contributed by atoms with Crippen molar-refractivity contribution in [2.24, 2.45) is 0 Å². The van der Waals surface area contributed by atoms with E-state index < -0.39 is 17.7 Å². The Balaban J connectivity index is 1.68. The summed E-state index contributed by atoms with van der Waals surface area (Å²) in [5, 5.41) is 3.33. The fourth-order valence-corrected chi connectivity index (χ4v) is 2.89. The van der Waals surface area contributed by atoms with Gasteiger partial charge in [-0.15, -0.1) is 0 Å². The minimum atomic E-state index is -0.519. The molecular weight excluding hydrogens is 417 g/mol. The van der Waals surface area contributed by atoms with Gasteiger partial charge < -0.3 is 10.1 Å². The highest BCUT2D eigenvalue weighted by molar-refractivity contribution is 6.36. The number of ether oxygens (including phenoxy) is 1. The molecule has 9 heteroatoms. The lowest BCUT2D eigenvalue weighted by molar-refractivity contribution is -0.130. The molecule has 0 aromatic heterocycles. The summed E-state index contributed by atoms with van der Waals surface area (Å²) in [6, 6.07) is 10.3. The summed E-state index contributed by atoms with van der Waals surface area (Å²) >= 11 is 11.8. The number of hydrogen-bond donors (Lipinski definition) is 3. The van der Waals surface area contributed by atoms with E-state index in [4.69, 9.17) is 27.9 Å². The smallest absolute Gasteiger partial charge is 0.276 e. The number of benzene rings is 2. The van der Waals surface area contributed by atoms with Crippen LogP contribution < -0.4 is 20.9 Å². The van der Waals surface area contributed by atoms with Crippen LogP contribution in [0.1, 0.15) is 24.0 Å². The standard InChI is InChI=1S/C20H21Cl2N3O4/c1-12-7-13(2)9-15(8-12)29-11-20(28)25-24-19(27)6-5-18(26)23-17-4-3-14(21)10-16(17)22/h3-4,7-10H,5-6,11H2,1-2H3,(H,23,26)(H,24,27)(H,25,28). The van der Waals surface area contributed by atoms with Gasteiger partial charge in [-0.1, -0.05) is 29.3 Å². The van der Waals surface area contributed by atoms with Crippen LogP contribution in [0.5, 0.6) is 5.75 Å². The van der Waals surface area contributed by atoms with Gasteiger partial charge in [-0.3, -0.25) is 25.2 Å². The van der Waals surface area contributed by atoms with Crippen molar-refractivity contribution in [3.63, 3.8) is 0 Å². The molecule has 0 radical (unpaired) electrons. The Morgan fingerprint density at radius 3 is 2.14 bits per heavy atom. The lowest BCUT2D eigenvalue weighted by atomic mass is 10.1. The maximum Gasteiger partial charge on any atom is 0.276 e. The zero-order valence-electron chi connectivity index (χ0n) is 16.0. The van der Waals surface area contributed by atoms with Gasteiger partial charge in [-0.2, -0.15) is 0 Å². The number of anilines is 1. The maximum absolute atomic E-state index is 11.9. The van der Waals surface area contributed by atoms with Gasteiger partial charge in [-0.05, 0) is 55.3 Å². The first-order valence-corrected chi connectivity index (χ1v) is 9.52. The third kappa shape index (κ3) is 8.01. The average Bonchev–Trinajstić information content (AvgIpc) is 2.64. The van der Waals surface area contributed by atoms with Crippen LogP contribution >= 0.6 is 23.2 Å². The Morgan fingerprint density at radius 2 is 1.48 bits per heavy atom. The first kappa shape index (κ1) is 22.5. The molecule has 0 unspecified atom stereocenters. The van der Waals surface area contributed by atoms with E-state index >= 15 is 0 Å². The van der Waals surface area contributed by atoms with Crippen LogP contribution in [0.4, 0.5) is 5.69 Å². The lowest BCUT2D eigenvalue weighted by Crippen LogP contribution is -2.44. The van der Waals surface area contributed by atoms with Crippen molar-refractivity contribution in [1.82, 2.24) is 10.9 Å². The van der Waals surface area contributed by atoms with E-state index in [2.05, 4.69) is 16.2 Å². The highest BCUT2D eigenvalue weighted by Crippen LogP contribution is 2.25. The molecule has 154 valence electrons. The average molecular weight is 438 g/mol. The van der Waals surface area contributed by atoms with Crippen molar-refractivity contribution in [3.8, 4) is 5.75 Å². The molecule has 0 heterocycles. The highest BCUT2D eigenvalue weighted by Gasteiger charge is 2.11. The van der Waals surface area contributed by atoms with Gasteiger partial charge in [0.05, 0.1) is 10.7 Å². The monoisotopic (exact) mass is 437 g/mol. The molecule has 3 amide bonds. The molecule has 0 aliphatic carbocycles. The van der Waals surface area contributed by atoms with Crippen LogP contribution in [0.2, 0.25) is 10.0 Å². The second-order valence-electron chi connectivity index (χ2n) is 6.38. The minimum Gasteiger partial charge on any atom is -0.484 e. The van der Waals surface area contributed by atoms with E-state index in [1.165, 1.54) is 6.07 Å². The lowest BCUT2D eigenvalue weighted by Gasteiger charge is -2.10. The molecule has 0 spiro atoms. The van der Waals surface area contributed by atoms with E-state index in [1.807, 2.05) is 32.0 Å². The molecule has 0 aliphatic heterocycles. The second kappa shape index (κ2) is 10.7. The van der Waals surface area contributed by atoms with E-state index in [-0.39, 0.29) is 19.4 Å². The Labute approximate surface area is 178 Å². The quantitative estimate of drug-likeness (QED) is 0.576. The Hall–Kier alpha value is -2.77. The summed E-state index contributed by atoms with van der Waals surface area (Å²) < 4.78 is 5.40. The molecule has 0 bridgehead atoms. The van der Waals surface area contributed by atoms with Crippen molar-refractivity contribution in [1.29, 1.82) is 0 Å². The molecule has 2 rings (SSSR count). The Morgan fingerprint density at radius 1 is 0.862 bits per heavy atom. The molecule has 29 heavy (non-hydrogen) atoms. The van der Waals surface area contributed by atoms with Gasteiger partial charge in [0.25, 0.3) is 5.91 Å². The van der Waals surface area contributed by atoms with Crippen molar-refractivity contribution in [3.05, 3.63) is 57.6 Å². The third-order valence-electron chi connectivity index (χ3n) is 3.69. The predicted molar refractivity (Wildman–Crippen MR) is 112 cm³/mol. The number of rotatable bonds is 7. The zero-order valence-corrected chi connectivity index (χ0v) is 17.5. The van der Waals surface area contributed by atoms with Crippen molar-refractivity contribution >= 4 is 46.6 Å². The largest absolute Gasteiger partial charge is 0.484 e. The van der Waals surface area contributed by atoms with Crippen LogP contribution in [0.25, 0.3) is 0 Å². The molecule has 3 N–H and O–H groups in total. The predicted octanol–water partition coefficient (Wildman–Crippen LogP) is 3.56. The molecule has 0 fully saturated rings. The zero-order chi connectivity index (χ0) is 21.4. The van der Waals surface area contributed by atoms with Gasteiger partial charge in [0, 0.05) is 17.9 Å². The summed E-state index contributed by atoms with van der Waals surface area (Å²) in [5.74, 6) is -0.854. The SMILES string of the molecule is Cc1cc(C)cc(OCC(=O)NNC(=O)CCC(=O)Nc2ccc(Cl)cc2Cl)c1. The topological polar surface area (TPSA) is 96.5 Å². The minimum absolute atomic E-state index is 0.0836. The number of nitrogens with one attached hydrogen (secondary N) is 3. The van der Waals surface area contributed by atoms with E-state index in [0.717, 1.165) is 11.1 Å². The number of hydrogen-bond acceptors (Lipinski definition) is 4. The summed E-state index contributed by atoms with van der Waals surface area (Å²) in [4.78, 5) is 35.5. The van der Waals surface area contributed by atoms with Gasteiger partial charge in [0.15, 0.2) is 6.61 Å². The van der Waals surface area contributed by atoms with Crippen molar-refractivity contribution in [2.75, 3.05) is 11.9 Å². The summed E-state index contributed by atoms with van der Waals surface area (Å²) in [7, 11) is 0. The molecule has 0 saturated heterocycles. The van der Waals surface area contributed by atoms with Crippen molar-refractivity contribution in [2.45, 2.75) is 26.7 Å². The first-order chi connectivity index (χ1) is 13.7. The molecule has 0 aliphatic rings. The number of carbonyl (C=O) groups excluding carboxylic acids is 3. The summed E-state index contributed by atoms with van der Waals surface area (Å²) in [5.41, 5.74) is 6.92. The van der Waals surface area contributed by atoms with Gasteiger partial charge in [0.2, 0.25) is 11.8 Å². The maximum atomic E-state index is 11.9. The van der Waals surface area contributed by atoms with Gasteiger partial charge in [0.1, 0.15) is 5.75 Å². The number of hydrazine groups is 1. The first-order valence-electron chi connectivity index (χ1n) is 8.76. The normalized spacial score (nSPS) is 10.2. The molecule has 0 saturated carbocycles. The Bertz CT molecular complexity index is 898. The number of halogens is 2. The molecule has 2 aromatic carbocycles. The second-order valence-corrected chi connectivity index (χ2v) is 7.22. The van der Waals surface area contributed by atoms with E-state index in [0.29, 0.717) is 21.5 Å². The number of aryl methyl sites for hydroxylation is 2. The Kier molecular flexibility index (Phi) is 8.30. The molecule has 2 aromatic rings. The third-order valence-corrected chi connectivity index (χ3v) is 4.24. The summed E-state index contributed by atoms with van der Waals surface area (Å²) in [6.45, 7) is 3.60. The van der Waals surface area contributed by atoms with Crippen LogP contribution in [-0.2, 0) is 14.4 Å². The molecular formula is C20H21Cl2N3O4. The van der Waals surface area contributed by atoms with Crippen LogP contribution in [-0.4, -0.2) is 24.3 Å². The van der Waals surface area contributed by atoms with Gasteiger partial charge in [-0.25, -0.2) is 0 Å². The fraction of sp³-hybridized carbons (Fsp3) is 0.250. The highest BCUT2D eigenvalue weighted by atomic mass is 35.5. The van der Waals surface area contributed by atoms with E-state index in [9.17, 15) is 14.4 Å². The van der Waals surface area contributed by atoms with Gasteiger partial charge >= 0.3 is 0 Å². The van der Waals surface area contributed by atoms with Crippen molar-refractivity contribution < 1.29 is 19.1 Å². The number of amides is 3. The van der Waals surface area contributed by atoms with E-state index in [1.54, 1.807) is 12.1 Å². The van der Waals surface area contributed by atoms with Crippen LogP contribution in [0, 0.1) is 13.8 Å². The fourth-order valence-electron chi connectivity index (χ4n) is 2.43. The molecule has 0 atom stereocenters. The summed E-state index contributed by atoms with van der Waals surface area (Å²) in [6.07, 6.45) is -0.199. The van der Waals surface area contributed by atoms with Crippen LogP contribution in [0.15, 0.2) is 36.4 Å². The number of carbonyl (C=O) groups is 3. The van der Waals surface area contributed by atoms with Crippen LogP contribution in [0.3, 0.4) is 0 Å². The molecule has 7 nitrogen and oxygen atoms in total.